The molecule has 1 aliphatic heterocycles. The number of nitrogens with zero attached hydrogens (tertiary/aromatic N) is 2. The lowest BCUT2D eigenvalue weighted by Gasteiger charge is -2.33. The van der Waals surface area contributed by atoms with Crippen LogP contribution in [0.15, 0.2) is 18.3 Å². The van der Waals surface area contributed by atoms with Crippen molar-refractivity contribution in [3.05, 3.63) is 29.8 Å². The molecule has 0 saturated carbocycles. The van der Waals surface area contributed by atoms with Gasteiger partial charge in [0.05, 0.1) is 18.0 Å². The summed E-state index contributed by atoms with van der Waals surface area (Å²) in [4.78, 5) is 6.46. The molecule has 0 spiro atoms. The van der Waals surface area contributed by atoms with Crippen molar-refractivity contribution in [2.45, 2.75) is 44.8 Å². The highest BCUT2D eigenvalue weighted by molar-refractivity contribution is 5.09. The first-order valence-electron chi connectivity index (χ1n) is 7.90. The Morgan fingerprint density at radius 3 is 3.10 bits per heavy atom. The molecule has 2 N–H and O–H groups in total. The van der Waals surface area contributed by atoms with Gasteiger partial charge in [-0.25, -0.2) is 4.39 Å². The summed E-state index contributed by atoms with van der Waals surface area (Å²) >= 11 is 0. The molecule has 1 aromatic rings. The van der Waals surface area contributed by atoms with Crippen LogP contribution in [-0.2, 0) is 4.74 Å². The molecule has 0 aromatic carbocycles. The van der Waals surface area contributed by atoms with E-state index in [4.69, 9.17) is 10.5 Å². The van der Waals surface area contributed by atoms with Crippen LogP contribution in [0, 0.1) is 5.82 Å². The fourth-order valence-electron chi connectivity index (χ4n) is 2.71. The van der Waals surface area contributed by atoms with Crippen LogP contribution < -0.4 is 5.73 Å². The molecule has 0 radical (unpaired) electrons. The molecular formula is C16H26FN3O. The highest BCUT2D eigenvalue weighted by atomic mass is 19.1. The Balaban J connectivity index is 1.75. The largest absolute Gasteiger partial charge is 0.377 e. The SMILES string of the molecule is CCCOC1CCCN(CCC(N)c2ccc(F)cn2)C1. The predicted octanol–water partition coefficient (Wildman–Crippen LogP) is 2.50. The fourth-order valence-corrected chi connectivity index (χ4v) is 2.71. The van der Waals surface area contributed by atoms with E-state index in [2.05, 4.69) is 16.8 Å². The third-order valence-electron chi connectivity index (χ3n) is 3.91. The second-order valence-electron chi connectivity index (χ2n) is 5.73. The van der Waals surface area contributed by atoms with Gasteiger partial charge in [0.15, 0.2) is 0 Å². The van der Waals surface area contributed by atoms with Gasteiger partial charge in [-0.2, -0.15) is 0 Å². The molecule has 2 heterocycles. The first-order chi connectivity index (χ1) is 10.2. The topological polar surface area (TPSA) is 51.4 Å². The molecule has 1 aromatic heterocycles. The molecule has 118 valence electrons. The van der Waals surface area contributed by atoms with Gasteiger partial charge in [-0.05, 0) is 44.4 Å². The van der Waals surface area contributed by atoms with E-state index in [1.807, 2.05) is 0 Å². The van der Waals surface area contributed by atoms with Crippen molar-refractivity contribution in [3.63, 3.8) is 0 Å². The number of nitrogens with two attached hydrogens (primary N) is 1. The van der Waals surface area contributed by atoms with Crippen molar-refractivity contribution in [1.29, 1.82) is 0 Å². The summed E-state index contributed by atoms with van der Waals surface area (Å²) in [5.41, 5.74) is 6.89. The zero-order valence-corrected chi connectivity index (χ0v) is 12.8. The minimum Gasteiger partial charge on any atom is -0.377 e. The summed E-state index contributed by atoms with van der Waals surface area (Å²) in [6.45, 7) is 6.01. The van der Waals surface area contributed by atoms with Gasteiger partial charge in [0.25, 0.3) is 0 Å². The lowest BCUT2D eigenvalue weighted by Crippen LogP contribution is -2.41. The second kappa shape index (κ2) is 8.41. The zero-order valence-electron chi connectivity index (χ0n) is 12.8. The molecule has 2 unspecified atom stereocenters. The van der Waals surface area contributed by atoms with E-state index in [1.165, 1.54) is 18.7 Å². The second-order valence-corrected chi connectivity index (χ2v) is 5.73. The van der Waals surface area contributed by atoms with Crippen LogP contribution in [0.25, 0.3) is 0 Å². The van der Waals surface area contributed by atoms with Crippen molar-refractivity contribution in [2.75, 3.05) is 26.2 Å². The average molecular weight is 295 g/mol. The smallest absolute Gasteiger partial charge is 0.141 e. The van der Waals surface area contributed by atoms with Crippen LogP contribution in [0.4, 0.5) is 4.39 Å². The molecule has 1 fully saturated rings. The Morgan fingerprint density at radius 1 is 1.52 bits per heavy atom. The summed E-state index contributed by atoms with van der Waals surface area (Å²) in [6.07, 6.45) is 5.82. The quantitative estimate of drug-likeness (QED) is 0.839. The molecule has 2 atom stereocenters. The maximum Gasteiger partial charge on any atom is 0.141 e. The molecule has 0 aliphatic carbocycles. The zero-order chi connectivity index (χ0) is 15.1. The van der Waals surface area contributed by atoms with Gasteiger partial charge in [0.2, 0.25) is 0 Å². The van der Waals surface area contributed by atoms with E-state index in [1.54, 1.807) is 6.07 Å². The predicted molar refractivity (Wildman–Crippen MR) is 81.4 cm³/mol. The average Bonchev–Trinajstić information content (AvgIpc) is 2.52. The number of ether oxygens (including phenoxy) is 1. The van der Waals surface area contributed by atoms with E-state index in [9.17, 15) is 4.39 Å². The van der Waals surface area contributed by atoms with Crippen LogP contribution in [0.3, 0.4) is 0 Å². The van der Waals surface area contributed by atoms with Crippen LogP contribution in [0.5, 0.6) is 0 Å². The van der Waals surface area contributed by atoms with Gasteiger partial charge in [-0.1, -0.05) is 6.92 Å². The monoisotopic (exact) mass is 295 g/mol. The number of likely N-dealkylation sites (tertiary alicyclic amines) is 1. The lowest BCUT2D eigenvalue weighted by atomic mass is 10.1. The highest BCUT2D eigenvalue weighted by Gasteiger charge is 2.20. The maximum atomic E-state index is 12.8. The third-order valence-corrected chi connectivity index (χ3v) is 3.91. The first-order valence-corrected chi connectivity index (χ1v) is 7.90. The minimum absolute atomic E-state index is 0.137. The number of hydrogen-bond acceptors (Lipinski definition) is 4. The number of piperidine rings is 1. The van der Waals surface area contributed by atoms with Crippen LogP contribution in [-0.4, -0.2) is 42.2 Å². The van der Waals surface area contributed by atoms with Crippen molar-refractivity contribution in [3.8, 4) is 0 Å². The Bertz CT molecular complexity index is 412. The van der Waals surface area contributed by atoms with E-state index in [0.717, 1.165) is 51.2 Å². The molecule has 1 saturated heterocycles. The van der Waals surface area contributed by atoms with Crippen molar-refractivity contribution in [1.82, 2.24) is 9.88 Å². The number of pyridine rings is 1. The summed E-state index contributed by atoms with van der Waals surface area (Å²) in [7, 11) is 0. The van der Waals surface area contributed by atoms with Gasteiger partial charge in [0.1, 0.15) is 5.82 Å². The van der Waals surface area contributed by atoms with E-state index in [-0.39, 0.29) is 11.9 Å². The highest BCUT2D eigenvalue weighted by Crippen LogP contribution is 2.17. The van der Waals surface area contributed by atoms with Gasteiger partial charge in [-0.15, -0.1) is 0 Å². The van der Waals surface area contributed by atoms with Crippen LogP contribution >= 0.6 is 0 Å². The molecule has 2 rings (SSSR count). The van der Waals surface area contributed by atoms with Crippen LogP contribution in [0.1, 0.15) is 44.3 Å². The van der Waals surface area contributed by atoms with Gasteiger partial charge in [-0.3, -0.25) is 4.98 Å². The van der Waals surface area contributed by atoms with Crippen LogP contribution in [0.2, 0.25) is 0 Å². The molecule has 1 aliphatic rings. The number of aromatic nitrogens is 1. The Labute approximate surface area is 126 Å². The van der Waals surface area contributed by atoms with Crippen molar-refractivity contribution >= 4 is 0 Å². The minimum atomic E-state index is -0.321. The van der Waals surface area contributed by atoms with Gasteiger partial charge >= 0.3 is 0 Å². The summed E-state index contributed by atoms with van der Waals surface area (Å²) < 4.78 is 18.7. The number of halogens is 1. The molecular weight excluding hydrogens is 269 g/mol. The molecule has 0 bridgehead atoms. The Morgan fingerprint density at radius 2 is 2.38 bits per heavy atom. The first kappa shape index (κ1) is 16.3. The summed E-state index contributed by atoms with van der Waals surface area (Å²) in [5.74, 6) is -0.321. The third kappa shape index (κ3) is 5.34. The van der Waals surface area contributed by atoms with E-state index < -0.39 is 0 Å². The Hall–Kier alpha value is -1.04. The summed E-state index contributed by atoms with van der Waals surface area (Å²) in [5, 5.41) is 0. The number of hydrogen-bond donors (Lipinski definition) is 1. The van der Waals surface area contributed by atoms with Crippen molar-refractivity contribution < 1.29 is 9.13 Å². The van der Waals surface area contributed by atoms with E-state index >= 15 is 0 Å². The standard InChI is InChI=1S/C16H26FN3O/c1-2-10-21-14-4-3-8-20(12-14)9-7-15(18)16-6-5-13(17)11-19-16/h5-6,11,14-15H,2-4,7-10,12,18H2,1H3. The molecule has 5 heteroatoms. The van der Waals surface area contributed by atoms with E-state index in [0.29, 0.717) is 6.10 Å². The fraction of sp³-hybridized carbons (Fsp3) is 0.688. The van der Waals surface area contributed by atoms with Gasteiger partial charge in [0, 0.05) is 25.7 Å². The Kier molecular flexibility index (Phi) is 6.54. The maximum absolute atomic E-state index is 12.8. The van der Waals surface area contributed by atoms with Crippen molar-refractivity contribution in [2.24, 2.45) is 5.73 Å². The summed E-state index contributed by atoms with van der Waals surface area (Å²) in [6, 6.07) is 2.95. The normalized spacial score (nSPS) is 21.4. The molecule has 4 nitrogen and oxygen atoms in total. The molecule has 21 heavy (non-hydrogen) atoms. The lowest BCUT2D eigenvalue weighted by molar-refractivity contribution is -0.000647. The number of rotatable bonds is 7. The molecule has 0 amide bonds. The van der Waals surface area contributed by atoms with Gasteiger partial charge < -0.3 is 15.4 Å².